The second kappa shape index (κ2) is 5.98. The van der Waals surface area contributed by atoms with E-state index in [1.807, 2.05) is 0 Å². The molecule has 0 saturated carbocycles. The highest BCUT2D eigenvalue weighted by Gasteiger charge is 2.05. The first-order valence-corrected chi connectivity index (χ1v) is 8.30. The van der Waals surface area contributed by atoms with Gasteiger partial charge in [0.1, 0.15) is 0 Å². The number of benzene rings is 2. The van der Waals surface area contributed by atoms with E-state index < -0.39 is 0 Å². The van der Waals surface area contributed by atoms with Gasteiger partial charge in [0, 0.05) is 0 Å². The summed E-state index contributed by atoms with van der Waals surface area (Å²) in [4.78, 5) is 0. The Hall–Kier alpha value is -1.13. The molecule has 0 aromatic heterocycles. The van der Waals surface area contributed by atoms with Gasteiger partial charge in [0.15, 0.2) is 0 Å². The van der Waals surface area contributed by atoms with Crippen molar-refractivity contribution in [3.05, 3.63) is 65.7 Å². The van der Waals surface area contributed by atoms with E-state index in [-0.39, 0.29) is 7.92 Å². The van der Waals surface area contributed by atoms with Gasteiger partial charge in [0.05, 0.1) is 0 Å². The van der Waals surface area contributed by atoms with Gasteiger partial charge >= 0.3 is 0 Å². The third kappa shape index (κ3) is 3.41. The number of hydrogen-bond donors (Lipinski definition) is 0. The second-order valence-corrected chi connectivity index (χ2v) is 6.78. The van der Waals surface area contributed by atoms with E-state index in [0.29, 0.717) is 0 Å². The summed E-state index contributed by atoms with van der Waals surface area (Å²) in [7, 11) is 0.00318. The smallest absolute Gasteiger partial charge is 0.0214 e. The van der Waals surface area contributed by atoms with E-state index in [2.05, 4.69) is 67.9 Å². The summed E-state index contributed by atoms with van der Waals surface area (Å²) in [6.45, 7) is 4.66. The summed E-state index contributed by atoms with van der Waals surface area (Å²) in [5, 5.41) is 1.55. The van der Waals surface area contributed by atoms with Gasteiger partial charge in [-0.1, -0.05) is 62.5 Å². The molecule has 0 nitrogen and oxygen atoms in total. The summed E-state index contributed by atoms with van der Waals surface area (Å²) in [6, 6.07) is 19.6. The van der Waals surface area contributed by atoms with Gasteiger partial charge in [-0.2, -0.15) is 0 Å². The molecule has 0 bridgehead atoms. The molecule has 88 valence electrons. The van der Waals surface area contributed by atoms with Crippen molar-refractivity contribution in [1.82, 2.24) is 0 Å². The first kappa shape index (κ1) is 12.3. The molecular formula is C16H19P. The monoisotopic (exact) mass is 242 g/mol. The standard InChI is InChI=1S/C16H19P/c1-17(2)16-11-7-6-10-15(16)13-12-14-8-4-3-5-9-14/h3-11H,12-13H2,1-2H3. The molecule has 0 N–H and O–H groups in total. The predicted molar refractivity (Wildman–Crippen MR) is 78.7 cm³/mol. The van der Waals surface area contributed by atoms with Crippen LogP contribution in [0, 0.1) is 0 Å². The third-order valence-corrected chi connectivity index (χ3v) is 4.40. The van der Waals surface area contributed by atoms with Gasteiger partial charge in [0.25, 0.3) is 0 Å². The molecule has 0 unspecified atom stereocenters. The molecule has 0 radical (unpaired) electrons. The Morgan fingerprint density at radius 2 is 1.41 bits per heavy atom. The van der Waals surface area contributed by atoms with Crippen molar-refractivity contribution in [2.75, 3.05) is 13.3 Å². The highest BCUT2D eigenvalue weighted by Crippen LogP contribution is 2.25. The Morgan fingerprint density at radius 1 is 0.765 bits per heavy atom. The highest BCUT2D eigenvalue weighted by molar-refractivity contribution is 7.64. The molecular weight excluding hydrogens is 223 g/mol. The van der Waals surface area contributed by atoms with Crippen molar-refractivity contribution in [2.24, 2.45) is 0 Å². The van der Waals surface area contributed by atoms with E-state index >= 15 is 0 Å². The minimum absolute atomic E-state index is 0.00318. The fourth-order valence-electron chi connectivity index (χ4n) is 2.08. The van der Waals surface area contributed by atoms with Crippen LogP contribution < -0.4 is 5.30 Å². The molecule has 0 aliphatic rings. The lowest BCUT2D eigenvalue weighted by atomic mass is 10.0. The maximum atomic E-state index is 2.33. The van der Waals surface area contributed by atoms with Crippen LogP contribution in [0.5, 0.6) is 0 Å². The van der Waals surface area contributed by atoms with Gasteiger partial charge in [-0.15, -0.1) is 0 Å². The lowest BCUT2D eigenvalue weighted by Gasteiger charge is -2.12. The van der Waals surface area contributed by atoms with Crippen molar-refractivity contribution in [2.45, 2.75) is 12.8 Å². The van der Waals surface area contributed by atoms with Crippen LogP contribution in [0.1, 0.15) is 11.1 Å². The number of aryl methyl sites for hydroxylation is 2. The number of hydrogen-bond acceptors (Lipinski definition) is 0. The molecule has 0 aliphatic heterocycles. The Morgan fingerprint density at radius 3 is 2.12 bits per heavy atom. The average molecular weight is 242 g/mol. The van der Waals surface area contributed by atoms with Gasteiger partial charge < -0.3 is 0 Å². The van der Waals surface area contributed by atoms with Crippen LogP contribution in [0.2, 0.25) is 0 Å². The summed E-state index contributed by atoms with van der Waals surface area (Å²) in [6.07, 6.45) is 2.29. The van der Waals surface area contributed by atoms with Crippen LogP contribution in [0.25, 0.3) is 0 Å². The molecule has 2 aromatic carbocycles. The van der Waals surface area contributed by atoms with Crippen molar-refractivity contribution in [3.63, 3.8) is 0 Å². The molecule has 0 heterocycles. The Labute approximate surface area is 105 Å². The molecule has 0 saturated heterocycles. The lowest BCUT2D eigenvalue weighted by molar-refractivity contribution is 0.967. The molecule has 0 amide bonds. The molecule has 1 heteroatoms. The first-order valence-electron chi connectivity index (χ1n) is 6.06. The van der Waals surface area contributed by atoms with Crippen molar-refractivity contribution in [1.29, 1.82) is 0 Å². The SMILES string of the molecule is CP(C)c1ccccc1CCc1ccccc1. The van der Waals surface area contributed by atoms with Crippen LogP contribution in [0.3, 0.4) is 0 Å². The molecule has 0 aliphatic carbocycles. The van der Waals surface area contributed by atoms with Crippen LogP contribution in [0.4, 0.5) is 0 Å². The first-order chi connectivity index (χ1) is 8.27. The van der Waals surface area contributed by atoms with Crippen LogP contribution in [0.15, 0.2) is 54.6 Å². The normalized spacial score (nSPS) is 10.8. The average Bonchev–Trinajstić information content (AvgIpc) is 2.38. The van der Waals surface area contributed by atoms with Crippen LogP contribution in [-0.2, 0) is 12.8 Å². The summed E-state index contributed by atoms with van der Waals surface area (Å²) >= 11 is 0. The minimum atomic E-state index is 0.00318. The Balaban J connectivity index is 2.09. The van der Waals surface area contributed by atoms with E-state index in [1.165, 1.54) is 11.1 Å². The van der Waals surface area contributed by atoms with Crippen LogP contribution in [-0.4, -0.2) is 13.3 Å². The Bertz CT molecular complexity index is 460. The van der Waals surface area contributed by atoms with Crippen molar-refractivity contribution >= 4 is 13.2 Å². The van der Waals surface area contributed by atoms with Gasteiger partial charge in [-0.25, -0.2) is 0 Å². The minimum Gasteiger partial charge on any atom is -0.0814 e. The van der Waals surface area contributed by atoms with Gasteiger partial charge in [0.2, 0.25) is 0 Å². The topological polar surface area (TPSA) is 0 Å². The van der Waals surface area contributed by atoms with E-state index in [1.54, 1.807) is 5.30 Å². The van der Waals surface area contributed by atoms with E-state index in [9.17, 15) is 0 Å². The largest absolute Gasteiger partial charge is 0.0814 e. The summed E-state index contributed by atoms with van der Waals surface area (Å²) in [5.74, 6) is 0. The number of rotatable bonds is 4. The van der Waals surface area contributed by atoms with E-state index in [4.69, 9.17) is 0 Å². The van der Waals surface area contributed by atoms with E-state index in [0.717, 1.165) is 12.8 Å². The molecule has 0 spiro atoms. The molecule has 2 aromatic rings. The second-order valence-electron chi connectivity index (χ2n) is 4.51. The fourth-order valence-corrected chi connectivity index (χ4v) is 3.23. The predicted octanol–water partition coefficient (Wildman–Crippen LogP) is 3.84. The maximum absolute atomic E-state index is 2.33. The zero-order valence-electron chi connectivity index (χ0n) is 10.6. The molecule has 0 atom stereocenters. The molecule has 2 rings (SSSR count). The summed E-state index contributed by atoms with van der Waals surface area (Å²) in [5.41, 5.74) is 2.95. The highest BCUT2D eigenvalue weighted by atomic mass is 31.1. The summed E-state index contributed by atoms with van der Waals surface area (Å²) < 4.78 is 0. The fraction of sp³-hybridized carbons (Fsp3) is 0.250. The Kier molecular flexibility index (Phi) is 4.34. The van der Waals surface area contributed by atoms with Crippen molar-refractivity contribution in [3.8, 4) is 0 Å². The molecule has 17 heavy (non-hydrogen) atoms. The van der Waals surface area contributed by atoms with Gasteiger partial charge in [-0.05, 0) is 42.6 Å². The maximum Gasteiger partial charge on any atom is -0.0214 e. The quantitative estimate of drug-likeness (QED) is 0.715. The van der Waals surface area contributed by atoms with Crippen molar-refractivity contribution < 1.29 is 0 Å². The zero-order valence-corrected chi connectivity index (χ0v) is 11.5. The van der Waals surface area contributed by atoms with Gasteiger partial charge in [-0.3, -0.25) is 0 Å². The molecule has 0 fully saturated rings. The van der Waals surface area contributed by atoms with Crippen LogP contribution >= 0.6 is 7.92 Å². The third-order valence-electron chi connectivity index (χ3n) is 3.00. The zero-order chi connectivity index (χ0) is 12.1. The lowest BCUT2D eigenvalue weighted by Crippen LogP contribution is -2.08.